The molecule has 10 heteroatoms. The molecule has 32 heavy (non-hydrogen) atoms. The second-order valence-corrected chi connectivity index (χ2v) is 8.60. The minimum atomic E-state index is -1.45. The van der Waals surface area contributed by atoms with E-state index in [9.17, 15) is 28.9 Å². The van der Waals surface area contributed by atoms with E-state index in [2.05, 4.69) is 5.32 Å². The highest BCUT2D eigenvalue weighted by atomic mass is 19.1. The van der Waals surface area contributed by atoms with Crippen molar-refractivity contribution in [3.8, 4) is 0 Å². The third-order valence-electron chi connectivity index (χ3n) is 7.27. The SMILES string of the molecule is O=C1[C@H]2[C@@H](C(=O)N1c1ccc([N+](=O)[O-])cc1)[C@@]1(C(=O)Nc3ccc(F)cc31)N1CCC[C@@H]21. The fourth-order valence-corrected chi connectivity index (χ4v) is 6.15. The van der Waals surface area contributed by atoms with Crippen LogP contribution in [0, 0.1) is 27.8 Å². The van der Waals surface area contributed by atoms with Crippen LogP contribution < -0.4 is 10.2 Å². The standard InChI is InChI=1S/C22H17FN4O5/c23-11-3-8-15-14(10-11)22(21(30)24-15)18-17(16-2-1-9-25(16)22)19(28)26(20(18)29)12-4-6-13(7-5-12)27(31)32/h3-8,10,16-18H,1-2,9H2,(H,24,30)/t16-,17+,18-,22-/m0/s1. The van der Waals surface area contributed by atoms with Gasteiger partial charge in [-0.2, -0.15) is 0 Å². The van der Waals surface area contributed by atoms with E-state index in [1.54, 1.807) is 0 Å². The number of non-ortho nitro benzene ring substituents is 1. The van der Waals surface area contributed by atoms with E-state index in [4.69, 9.17) is 0 Å². The van der Waals surface area contributed by atoms with Gasteiger partial charge in [-0.25, -0.2) is 9.29 Å². The van der Waals surface area contributed by atoms with E-state index < -0.39 is 45.8 Å². The van der Waals surface area contributed by atoms with Crippen LogP contribution in [0.15, 0.2) is 42.5 Å². The van der Waals surface area contributed by atoms with Crippen LogP contribution in [0.2, 0.25) is 0 Å². The maximum absolute atomic E-state index is 14.3. The molecule has 4 aliphatic heterocycles. The van der Waals surface area contributed by atoms with E-state index in [0.29, 0.717) is 24.2 Å². The van der Waals surface area contributed by atoms with Crippen molar-refractivity contribution in [3.63, 3.8) is 0 Å². The van der Waals surface area contributed by atoms with Crippen molar-refractivity contribution in [2.45, 2.75) is 24.4 Å². The molecule has 6 rings (SSSR count). The van der Waals surface area contributed by atoms with E-state index in [1.807, 2.05) is 4.90 Å². The number of amides is 3. The van der Waals surface area contributed by atoms with Gasteiger partial charge in [0.15, 0.2) is 0 Å². The first-order valence-corrected chi connectivity index (χ1v) is 10.4. The number of carbonyl (C=O) groups is 3. The number of imide groups is 1. The van der Waals surface area contributed by atoms with Gasteiger partial charge in [0, 0.05) is 29.4 Å². The zero-order valence-corrected chi connectivity index (χ0v) is 16.7. The Morgan fingerprint density at radius 2 is 1.84 bits per heavy atom. The van der Waals surface area contributed by atoms with Crippen LogP contribution >= 0.6 is 0 Å². The van der Waals surface area contributed by atoms with Crippen molar-refractivity contribution < 1.29 is 23.7 Å². The molecule has 2 aromatic carbocycles. The highest BCUT2D eigenvalue weighted by molar-refractivity contribution is 6.25. The normalized spacial score (nSPS) is 30.6. The van der Waals surface area contributed by atoms with Crippen molar-refractivity contribution in [1.29, 1.82) is 0 Å². The molecule has 0 radical (unpaired) electrons. The van der Waals surface area contributed by atoms with Gasteiger partial charge in [0.05, 0.1) is 22.4 Å². The summed E-state index contributed by atoms with van der Waals surface area (Å²) in [6.07, 6.45) is 1.40. The highest BCUT2D eigenvalue weighted by Gasteiger charge is 2.74. The Morgan fingerprint density at radius 1 is 1.09 bits per heavy atom. The summed E-state index contributed by atoms with van der Waals surface area (Å²) in [5.74, 6) is -3.68. The number of nitro benzene ring substituents is 1. The molecule has 0 saturated carbocycles. The third-order valence-corrected chi connectivity index (χ3v) is 7.27. The number of anilines is 2. The van der Waals surface area contributed by atoms with E-state index in [-0.39, 0.29) is 17.4 Å². The Kier molecular flexibility index (Phi) is 3.69. The third kappa shape index (κ3) is 2.12. The van der Waals surface area contributed by atoms with Crippen molar-refractivity contribution in [2.75, 3.05) is 16.8 Å². The number of hydrogen-bond donors (Lipinski definition) is 1. The van der Waals surface area contributed by atoms with Crippen LogP contribution in [-0.2, 0) is 19.9 Å². The fourth-order valence-electron chi connectivity index (χ4n) is 6.15. The fraction of sp³-hybridized carbons (Fsp3) is 0.318. The lowest BCUT2D eigenvalue weighted by molar-refractivity contribution is -0.384. The Morgan fingerprint density at radius 3 is 2.56 bits per heavy atom. The van der Waals surface area contributed by atoms with Crippen molar-refractivity contribution in [1.82, 2.24) is 4.90 Å². The number of halogens is 1. The lowest BCUT2D eigenvalue weighted by atomic mass is 9.75. The average Bonchev–Trinajstić information content (AvgIpc) is 3.47. The van der Waals surface area contributed by atoms with Gasteiger partial charge in [-0.3, -0.25) is 29.4 Å². The number of benzene rings is 2. The molecule has 1 N–H and O–H groups in total. The van der Waals surface area contributed by atoms with E-state index in [1.165, 1.54) is 42.5 Å². The van der Waals surface area contributed by atoms with E-state index in [0.717, 1.165) is 11.3 Å². The number of rotatable bonds is 2. The summed E-state index contributed by atoms with van der Waals surface area (Å²) in [6.45, 7) is 0.527. The molecule has 162 valence electrons. The van der Waals surface area contributed by atoms with Crippen LogP contribution in [-0.4, -0.2) is 40.1 Å². The molecule has 4 atom stereocenters. The van der Waals surface area contributed by atoms with Gasteiger partial charge in [-0.1, -0.05) is 0 Å². The average molecular weight is 436 g/mol. The molecule has 9 nitrogen and oxygen atoms in total. The van der Waals surface area contributed by atoms with Gasteiger partial charge in [-0.05, 0) is 49.7 Å². The molecule has 0 aromatic heterocycles. The van der Waals surface area contributed by atoms with Gasteiger partial charge in [-0.15, -0.1) is 0 Å². The van der Waals surface area contributed by atoms with Crippen LogP contribution in [0.4, 0.5) is 21.5 Å². The molecule has 3 fully saturated rings. The lowest BCUT2D eigenvalue weighted by Crippen LogP contribution is -2.54. The number of carbonyl (C=O) groups excluding carboxylic acids is 3. The molecule has 0 unspecified atom stereocenters. The first kappa shape index (κ1) is 19.1. The zero-order chi connectivity index (χ0) is 22.4. The summed E-state index contributed by atoms with van der Waals surface area (Å²) in [6, 6.07) is 8.86. The lowest BCUT2D eigenvalue weighted by Gasteiger charge is -2.36. The van der Waals surface area contributed by atoms with Crippen LogP contribution in [0.3, 0.4) is 0 Å². The van der Waals surface area contributed by atoms with E-state index >= 15 is 0 Å². The topological polar surface area (TPSA) is 113 Å². The zero-order valence-electron chi connectivity index (χ0n) is 16.7. The maximum atomic E-state index is 14.3. The van der Waals surface area contributed by atoms with Gasteiger partial charge in [0.2, 0.25) is 17.7 Å². The summed E-state index contributed by atoms with van der Waals surface area (Å²) in [7, 11) is 0. The molecular formula is C22H17FN4O5. The van der Waals surface area contributed by atoms with Crippen LogP contribution in [0.25, 0.3) is 0 Å². The monoisotopic (exact) mass is 436 g/mol. The van der Waals surface area contributed by atoms with Gasteiger partial charge >= 0.3 is 0 Å². The predicted molar refractivity (Wildman–Crippen MR) is 109 cm³/mol. The number of nitrogens with zero attached hydrogens (tertiary/aromatic N) is 3. The molecule has 0 aliphatic carbocycles. The molecule has 0 bridgehead atoms. The summed E-state index contributed by atoms with van der Waals surface area (Å²) >= 11 is 0. The number of fused-ring (bicyclic) bond motifs is 7. The number of hydrogen-bond acceptors (Lipinski definition) is 6. The van der Waals surface area contributed by atoms with Gasteiger partial charge < -0.3 is 5.32 Å². The number of nitro groups is 1. The second kappa shape index (κ2) is 6.19. The first-order valence-electron chi connectivity index (χ1n) is 10.4. The second-order valence-electron chi connectivity index (χ2n) is 8.60. The highest BCUT2D eigenvalue weighted by Crippen LogP contribution is 2.60. The van der Waals surface area contributed by atoms with Crippen LogP contribution in [0.1, 0.15) is 18.4 Å². The molecule has 3 amide bonds. The molecular weight excluding hydrogens is 419 g/mol. The Labute approximate surface area is 180 Å². The first-order chi connectivity index (χ1) is 15.4. The van der Waals surface area contributed by atoms with Gasteiger partial charge in [0.1, 0.15) is 11.4 Å². The predicted octanol–water partition coefficient (Wildman–Crippen LogP) is 2.17. The summed E-state index contributed by atoms with van der Waals surface area (Å²) in [5.41, 5.74) is -0.570. The minimum Gasteiger partial charge on any atom is -0.324 e. The molecule has 4 aliphatic rings. The van der Waals surface area contributed by atoms with Crippen molar-refractivity contribution in [3.05, 3.63) is 64.0 Å². The summed E-state index contributed by atoms with van der Waals surface area (Å²) in [4.78, 5) is 54.0. The smallest absolute Gasteiger partial charge is 0.269 e. The van der Waals surface area contributed by atoms with Crippen molar-refractivity contribution >= 4 is 34.8 Å². The van der Waals surface area contributed by atoms with Gasteiger partial charge in [0.25, 0.3) is 5.69 Å². The largest absolute Gasteiger partial charge is 0.324 e. The Balaban J connectivity index is 1.51. The Bertz CT molecular complexity index is 1230. The van der Waals surface area contributed by atoms with Crippen molar-refractivity contribution in [2.24, 2.45) is 11.8 Å². The minimum absolute atomic E-state index is 0.161. The quantitative estimate of drug-likeness (QED) is 0.439. The maximum Gasteiger partial charge on any atom is 0.269 e. The summed E-state index contributed by atoms with van der Waals surface area (Å²) < 4.78 is 14.3. The molecule has 4 heterocycles. The molecule has 3 saturated heterocycles. The Hall–Kier alpha value is -3.66. The molecule has 2 aromatic rings. The van der Waals surface area contributed by atoms with Crippen LogP contribution in [0.5, 0.6) is 0 Å². The molecule has 1 spiro atoms. The number of nitrogens with one attached hydrogen (secondary N) is 1. The summed E-state index contributed by atoms with van der Waals surface area (Å²) in [5, 5.41) is 13.8.